The van der Waals surface area contributed by atoms with Crippen LogP contribution in [0, 0.1) is 5.92 Å². The van der Waals surface area contributed by atoms with Gasteiger partial charge in [0, 0.05) is 12.5 Å². The summed E-state index contributed by atoms with van der Waals surface area (Å²) in [7, 11) is 0. The molecule has 1 unspecified atom stereocenters. The van der Waals surface area contributed by atoms with Crippen LogP contribution in [-0.2, 0) is 15.8 Å². The molecule has 0 heterocycles. The van der Waals surface area contributed by atoms with Gasteiger partial charge in [0.05, 0.1) is 17.8 Å². The highest BCUT2D eigenvalue weighted by Gasteiger charge is 2.33. The lowest BCUT2D eigenvalue weighted by Crippen LogP contribution is -2.41. The van der Waals surface area contributed by atoms with Gasteiger partial charge in [0.1, 0.15) is 0 Å². The van der Waals surface area contributed by atoms with Crippen LogP contribution < -0.4 is 5.32 Å². The van der Waals surface area contributed by atoms with Crippen molar-refractivity contribution in [2.75, 3.05) is 18.4 Å². The van der Waals surface area contributed by atoms with E-state index in [0.717, 1.165) is 18.9 Å². The van der Waals surface area contributed by atoms with Crippen molar-refractivity contribution in [1.29, 1.82) is 0 Å². The van der Waals surface area contributed by atoms with Crippen molar-refractivity contribution < 1.29 is 22.8 Å². The van der Waals surface area contributed by atoms with Gasteiger partial charge >= 0.3 is 6.18 Å². The molecule has 4 nitrogen and oxygen atoms in total. The predicted octanol–water partition coefficient (Wildman–Crippen LogP) is 3.85. The van der Waals surface area contributed by atoms with E-state index in [1.807, 2.05) is 12.2 Å². The van der Waals surface area contributed by atoms with Crippen molar-refractivity contribution in [2.24, 2.45) is 5.92 Å². The smallest absolute Gasteiger partial charge is 0.333 e. The topological polar surface area (TPSA) is 49.4 Å². The zero-order valence-corrected chi connectivity index (χ0v) is 14.0. The molecule has 0 radical (unpaired) electrons. The van der Waals surface area contributed by atoms with E-state index < -0.39 is 17.6 Å². The molecule has 0 aliphatic heterocycles. The Morgan fingerprint density at radius 2 is 1.96 bits per heavy atom. The number of alkyl halides is 3. The van der Waals surface area contributed by atoms with Gasteiger partial charge in [-0.25, -0.2) is 0 Å². The van der Waals surface area contributed by atoms with Gasteiger partial charge in [-0.05, 0) is 38.3 Å². The van der Waals surface area contributed by atoms with E-state index >= 15 is 0 Å². The second-order valence-corrected chi connectivity index (χ2v) is 5.93. The summed E-state index contributed by atoms with van der Waals surface area (Å²) in [6.45, 7) is 1.81. The van der Waals surface area contributed by atoms with E-state index in [4.69, 9.17) is 0 Å². The molecule has 0 aromatic heterocycles. The van der Waals surface area contributed by atoms with Crippen molar-refractivity contribution in [3.63, 3.8) is 0 Å². The Kier molecular flexibility index (Phi) is 6.22. The largest absolute Gasteiger partial charge is 0.418 e. The van der Waals surface area contributed by atoms with Crippen LogP contribution >= 0.6 is 0 Å². The number of likely N-dealkylation sites (N-methyl/N-ethyl adjacent to an activating group) is 1. The van der Waals surface area contributed by atoms with Crippen molar-refractivity contribution in [2.45, 2.75) is 32.4 Å². The maximum absolute atomic E-state index is 13.0. The highest BCUT2D eigenvalue weighted by molar-refractivity contribution is 5.95. The number of allylic oxidation sites excluding steroid dienone is 2. The highest BCUT2D eigenvalue weighted by Crippen LogP contribution is 2.34. The molecule has 0 bridgehead atoms. The molecule has 0 spiro atoms. The Bertz CT molecular complexity index is 656. The first-order valence-electron chi connectivity index (χ1n) is 8.22. The first-order valence-corrected chi connectivity index (χ1v) is 8.22. The number of carbonyl (C=O) groups is 2. The Hall–Kier alpha value is -2.31. The van der Waals surface area contributed by atoms with Crippen LogP contribution in [0.25, 0.3) is 0 Å². The fraction of sp³-hybridized carbons (Fsp3) is 0.444. The third kappa shape index (κ3) is 5.08. The number of carbonyl (C=O) groups excluding carboxylic acids is 2. The van der Waals surface area contributed by atoms with E-state index in [9.17, 15) is 22.8 Å². The zero-order chi connectivity index (χ0) is 18.4. The van der Waals surface area contributed by atoms with Gasteiger partial charge in [-0.2, -0.15) is 13.2 Å². The molecule has 136 valence electrons. The Balaban J connectivity index is 2.03. The maximum Gasteiger partial charge on any atom is 0.418 e. The lowest BCUT2D eigenvalue weighted by atomic mass is 9.93. The minimum atomic E-state index is -4.56. The van der Waals surface area contributed by atoms with Gasteiger partial charge in [-0.1, -0.05) is 24.3 Å². The highest BCUT2D eigenvalue weighted by atomic mass is 19.4. The number of benzene rings is 1. The molecule has 0 saturated carbocycles. The summed E-state index contributed by atoms with van der Waals surface area (Å²) in [4.78, 5) is 26.0. The van der Waals surface area contributed by atoms with Gasteiger partial charge in [0.2, 0.25) is 11.8 Å². The fourth-order valence-electron chi connectivity index (χ4n) is 2.82. The van der Waals surface area contributed by atoms with Crippen LogP contribution in [0.3, 0.4) is 0 Å². The number of rotatable bonds is 5. The number of anilines is 1. The third-order valence-corrected chi connectivity index (χ3v) is 4.15. The quantitative estimate of drug-likeness (QED) is 0.817. The van der Waals surface area contributed by atoms with E-state index in [1.165, 1.54) is 23.1 Å². The van der Waals surface area contributed by atoms with Gasteiger partial charge in [0.25, 0.3) is 0 Å². The molecule has 2 amide bonds. The van der Waals surface area contributed by atoms with E-state index in [1.54, 1.807) is 6.92 Å². The van der Waals surface area contributed by atoms with Crippen LogP contribution in [0.4, 0.5) is 18.9 Å². The molecule has 7 heteroatoms. The summed E-state index contributed by atoms with van der Waals surface area (Å²) in [5, 5.41) is 2.27. The first kappa shape index (κ1) is 19.0. The van der Waals surface area contributed by atoms with Crippen LogP contribution in [-0.4, -0.2) is 29.8 Å². The Morgan fingerprint density at radius 1 is 1.24 bits per heavy atom. The number of halogens is 3. The fourth-order valence-corrected chi connectivity index (χ4v) is 2.82. The van der Waals surface area contributed by atoms with E-state index in [-0.39, 0.29) is 24.1 Å². The van der Waals surface area contributed by atoms with Crippen molar-refractivity contribution in [1.82, 2.24) is 4.90 Å². The molecule has 1 N–H and O–H groups in total. The molecule has 1 aromatic carbocycles. The number of nitrogens with one attached hydrogen (secondary N) is 1. The normalized spacial score (nSPS) is 17.2. The maximum atomic E-state index is 13.0. The van der Waals surface area contributed by atoms with Crippen molar-refractivity contribution in [3.05, 3.63) is 42.0 Å². The summed E-state index contributed by atoms with van der Waals surface area (Å²) in [5.41, 5.74) is -1.21. The van der Waals surface area contributed by atoms with Gasteiger partial charge < -0.3 is 10.2 Å². The molecule has 1 aliphatic carbocycles. The average molecular weight is 354 g/mol. The van der Waals surface area contributed by atoms with Crippen LogP contribution in [0.1, 0.15) is 31.7 Å². The number of para-hydroxylation sites is 1. The molecule has 0 fully saturated rings. The van der Waals surface area contributed by atoms with Crippen LogP contribution in [0.2, 0.25) is 0 Å². The summed E-state index contributed by atoms with van der Waals surface area (Å²) in [6.07, 6.45) is 1.58. The lowest BCUT2D eigenvalue weighted by Gasteiger charge is -2.26. The standard InChI is InChI=1S/C18H21F3N2O2/c1-2-23(17(25)13-8-4-3-5-9-13)12-16(24)22-15-11-7-6-10-14(15)18(19,20)21/h3-4,6-7,10-11,13H,2,5,8-9,12H2,1H3,(H,22,24). The van der Waals surface area contributed by atoms with Crippen LogP contribution in [0.15, 0.2) is 36.4 Å². The molecule has 1 aliphatic rings. The summed E-state index contributed by atoms with van der Waals surface area (Å²) in [6, 6.07) is 4.79. The monoisotopic (exact) mass is 354 g/mol. The summed E-state index contributed by atoms with van der Waals surface area (Å²) >= 11 is 0. The molecule has 25 heavy (non-hydrogen) atoms. The zero-order valence-electron chi connectivity index (χ0n) is 14.0. The van der Waals surface area contributed by atoms with Gasteiger partial charge in [-0.15, -0.1) is 0 Å². The summed E-state index contributed by atoms with van der Waals surface area (Å²) < 4.78 is 38.9. The SMILES string of the molecule is CCN(CC(=O)Nc1ccccc1C(F)(F)F)C(=O)C1CC=CCC1. The minimum absolute atomic E-state index is 0.133. The predicted molar refractivity (Wildman–Crippen MR) is 88.8 cm³/mol. The molecule has 1 atom stereocenters. The summed E-state index contributed by atoms with van der Waals surface area (Å²) in [5.74, 6) is -0.940. The lowest BCUT2D eigenvalue weighted by molar-refractivity contribution is -0.139. The molecule has 2 rings (SSSR count). The Morgan fingerprint density at radius 3 is 2.56 bits per heavy atom. The second kappa shape index (κ2) is 8.18. The van der Waals surface area contributed by atoms with Gasteiger partial charge in [0.15, 0.2) is 0 Å². The minimum Gasteiger partial charge on any atom is -0.333 e. The molecule has 0 saturated heterocycles. The van der Waals surface area contributed by atoms with E-state index in [2.05, 4.69) is 5.32 Å². The average Bonchev–Trinajstić information content (AvgIpc) is 2.59. The third-order valence-electron chi connectivity index (χ3n) is 4.15. The van der Waals surface area contributed by atoms with E-state index in [0.29, 0.717) is 13.0 Å². The molecular weight excluding hydrogens is 333 g/mol. The first-order chi connectivity index (χ1) is 11.8. The van der Waals surface area contributed by atoms with Crippen molar-refractivity contribution in [3.8, 4) is 0 Å². The second-order valence-electron chi connectivity index (χ2n) is 5.93. The number of nitrogens with zero attached hydrogens (tertiary/aromatic N) is 1. The van der Waals surface area contributed by atoms with Gasteiger partial charge in [-0.3, -0.25) is 9.59 Å². The number of hydrogen-bond donors (Lipinski definition) is 1. The molecule has 1 aromatic rings. The Labute approximate surface area is 144 Å². The number of amides is 2. The number of hydrogen-bond acceptors (Lipinski definition) is 2. The van der Waals surface area contributed by atoms with Crippen LogP contribution in [0.5, 0.6) is 0 Å². The van der Waals surface area contributed by atoms with Crippen molar-refractivity contribution >= 4 is 17.5 Å². The molecular formula is C18H21F3N2O2.